The summed E-state index contributed by atoms with van der Waals surface area (Å²) in [7, 11) is -2.07. The second-order valence-corrected chi connectivity index (χ2v) is 9.03. The summed E-state index contributed by atoms with van der Waals surface area (Å²) in [4.78, 5) is 0.172. The largest absolute Gasteiger partial charge is 0.495 e. The maximum Gasteiger partial charge on any atom is 0.244 e. The van der Waals surface area contributed by atoms with E-state index in [-0.39, 0.29) is 4.90 Å². The van der Waals surface area contributed by atoms with Gasteiger partial charge in [0, 0.05) is 22.0 Å². The monoisotopic (exact) mass is 393 g/mol. The maximum atomic E-state index is 12.3. The first-order chi connectivity index (χ1) is 10.0. The van der Waals surface area contributed by atoms with Crippen LogP contribution in [0.4, 0.5) is 0 Å². The van der Waals surface area contributed by atoms with Crippen molar-refractivity contribution >= 4 is 37.7 Å². The molecule has 0 aliphatic heterocycles. The van der Waals surface area contributed by atoms with E-state index in [0.29, 0.717) is 22.0 Å². The van der Waals surface area contributed by atoms with Gasteiger partial charge in [0.2, 0.25) is 10.0 Å². The first kappa shape index (κ1) is 17.1. The standard InChI is InChI=1S/C14H20BrNO3S2/c1-19-13-7-6-11(15)10-14(13)21(17,18)16-8-9-20-12-4-2-3-5-12/h6-7,10,12,16H,2-5,8-9H2,1H3. The molecule has 1 saturated carbocycles. The first-order valence-electron chi connectivity index (χ1n) is 6.98. The lowest BCUT2D eigenvalue weighted by Crippen LogP contribution is -2.26. The molecule has 7 heteroatoms. The summed E-state index contributed by atoms with van der Waals surface area (Å²) >= 11 is 5.16. The number of rotatable bonds is 7. The average molecular weight is 394 g/mol. The van der Waals surface area contributed by atoms with Crippen LogP contribution in [0, 0.1) is 0 Å². The minimum atomic E-state index is -3.54. The molecule has 0 spiro atoms. The van der Waals surface area contributed by atoms with Gasteiger partial charge in [-0.15, -0.1) is 0 Å². The molecule has 0 bridgehead atoms. The van der Waals surface area contributed by atoms with E-state index in [9.17, 15) is 8.42 Å². The van der Waals surface area contributed by atoms with E-state index in [1.165, 1.54) is 32.8 Å². The molecule has 1 fully saturated rings. The number of hydrogen-bond acceptors (Lipinski definition) is 4. The Hall–Kier alpha value is -0.240. The molecule has 1 N–H and O–H groups in total. The molecule has 0 saturated heterocycles. The van der Waals surface area contributed by atoms with Crippen LogP contribution in [-0.2, 0) is 10.0 Å². The molecule has 1 aliphatic carbocycles. The highest BCUT2D eigenvalue weighted by Gasteiger charge is 2.20. The predicted octanol–water partition coefficient (Wildman–Crippen LogP) is 3.41. The highest BCUT2D eigenvalue weighted by Crippen LogP contribution is 2.29. The van der Waals surface area contributed by atoms with E-state index >= 15 is 0 Å². The second kappa shape index (κ2) is 7.85. The van der Waals surface area contributed by atoms with E-state index in [4.69, 9.17) is 4.74 Å². The Bertz CT molecular complexity index is 572. The van der Waals surface area contributed by atoms with Crippen LogP contribution >= 0.6 is 27.7 Å². The summed E-state index contributed by atoms with van der Waals surface area (Å²) in [6.07, 6.45) is 5.13. The highest BCUT2D eigenvalue weighted by molar-refractivity contribution is 9.10. The summed E-state index contributed by atoms with van der Waals surface area (Å²) in [5.74, 6) is 1.16. The van der Waals surface area contributed by atoms with E-state index in [0.717, 1.165) is 5.75 Å². The zero-order valence-corrected chi connectivity index (χ0v) is 15.2. The van der Waals surface area contributed by atoms with Gasteiger partial charge in [-0.3, -0.25) is 0 Å². The number of nitrogens with one attached hydrogen (secondary N) is 1. The lowest BCUT2D eigenvalue weighted by molar-refractivity contribution is 0.402. The van der Waals surface area contributed by atoms with Gasteiger partial charge in [-0.25, -0.2) is 13.1 Å². The van der Waals surface area contributed by atoms with Crippen molar-refractivity contribution in [2.75, 3.05) is 19.4 Å². The molecule has 4 nitrogen and oxygen atoms in total. The van der Waals surface area contributed by atoms with E-state index in [1.807, 2.05) is 11.8 Å². The van der Waals surface area contributed by atoms with Crippen molar-refractivity contribution in [3.63, 3.8) is 0 Å². The molecular weight excluding hydrogens is 374 g/mol. The fourth-order valence-corrected chi connectivity index (χ4v) is 5.48. The van der Waals surface area contributed by atoms with Gasteiger partial charge < -0.3 is 4.74 Å². The fraction of sp³-hybridized carbons (Fsp3) is 0.571. The average Bonchev–Trinajstić information content (AvgIpc) is 2.97. The fourth-order valence-electron chi connectivity index (χ4n) is 2.39. The van der Waals surface area contributed by atoms with Crippen molar-refractivity contribution in [3.05, 3.63) is 22.7 Å². The molecule has 0 heterocycles. The molecule has 2 rings (SSSR count). The number of thioether (sulfide) groups is 1. The third-order valence-corrected chi connectivity index (χ3v) is 6.82. The van der Waals surface area contributed by atoms with Gasteiger partial charge >= 0.3 is 0 Å². The highest BCUT2D eigenvalue weighted by atomic mass is 79.9. The third-order valence-electron chi connectivity index (χ3n) is 3.47. The van der Waals surface area contributed by atoms with Gasteiger partial charge in [-0.05, 0) is 31.0 Å². The van der Waals surface area contributed by atoms with Crippen LogP contribution in [0.3, 0.4) is 0 Å². The van der Waals surface area contributed by atoms with Gasteiger partial charge in [-0.1, -0.05) is 28.8 Å². The smallest absolute Gasteiger partial charge is 0.244 e. The number of methoxy groups -OCH3 is 1. The zero-order valence-electron chi connectivity index (χ0n) is 12.0. The van der Waals surface area contributed by atoms with E-state index < -0.39 is 10.0 Å². The molecule has 0 amide bonds. The van der Waals surface area contributed by atoms with Crippen molar-refractivity contribution in [1.29, 1.82) is 0 Å². The molecule has 0 radical (unpaired) electrons. The minimum absolute atomic E-state index is 0.172. The van der Waals surface area contributed by atoms with E-state index in [1.54, 1.807) is 18.2 Å². The van der Waals surface area contributed by atoms with Crippen molar-refractivity contribution in [1.82, 2.24) is 4.72 Å². The van der Waals surface area contributed by atoms with Gasteiger partial charge in [-0.2, -0.15) is 11.8 Å². The first-order valence-corrected chi connectivity index (χ1v) is 10.3. The van der Waals surface area contributed by atoms with Crippen molar-refractivity contribution in [2.24, 2.45) is 0 Å². The molecule has 0 aromatic heterocycles. The maximum absolute atomic E-state index is 12.3. The van der Waals surface area contributed by atoms with Gasteiger partial charge in [0.15, 0.2) is 0 Å². The molecule has 0 atom stereocenters. The second-order valence-electron chi connectivity index (χ2n) is 4.97. The van der Waals surface area contributed by atoms with Crippen LogP contribution in [0.5, 0.6) is 5.75 Å². The topological polar surface area (TPSA) is 55.4 Å². The van der Waals surface area contributed by atoms with Gasteiger partial charge in [0.1, 0.15) is 10.6 Å². The van der Waals surface area contributed by atoms with Gasteiger partial charge in [0.25, 0.3) is 0 Å². The number of benzene rings is 1. The quantitative estimate of drug-likeness (QED) is 0.721. The Balaban J connectivity index is 1.93. The molecule has 1 aromatic carbocycles. The Labute approximate surface area is 139 Å². The molecular formula is C14H20BrNO3S2. The van der Waals surface area contributed by atoms with Crippen molar-refractivity contribution < 1.29 is 13.2 Å². The Morgan fingerprint density at radius 3 is 2.76 bits per heavy atom. The predicted molar refractivity (Wildman–Crippen MR) is 90.6 cm³/mol. The van der Waals surface area contributed by atoms with Crippen molar-refractivity contribution in [2.45, 2.75) is 35.8 Å². The summed E-state index contributed by atoms with van der Waals surface area (Å²) in [5.41, 5.74) is 0. The normalized spacial score (nSPS) is 16.3. The minimum Gasteiger partial charge on any atom is -0.495 e. The Morgan fingerprint density at radius 1 is 1.38 bits per heavy atom. The lowest BCUT2D eigenvalue weighted by atomic mass is 10.3. The number of halogens is 1. The molecule has 118 valence electrons. The van der Waals surface area contributed by atoms with Crippen LogP contribution in [0.2, 0.25) is 0 Å². The molecule has 0 unspecified atom stereocenters. The number of ether oxygens (including phenoxy) is 1. The third kappa shape index (κ3) is 4.87. The summed E-state index contributed by atoms with van der Waals surface area (Å²) < 4.78 is 33.2. The van der Waals surface area contributed by atoms with Crippen LogP contribution in [0.15, 0.2) is 27.6 Å². The zero-order chi connectivity index (χ0) is 15.3. The summed E-state index contributed by atoms with van der Waals surface area (Å²) in [6.45, 7) is 0.444. The van der Waals surface area contributed by atoms with E-state index in [2.05, 4.69) is 20.7 Å². The van der Waals surface area contributed by atoms with Crippen LogP contribution in [0.1, 0.15) is 25.7 Å². The van der Waals surface area contributed by atoms with Crippen LogP contribution in [-0.4, -0.2) is 33.1 Å². The number of hydrogen-bond donors (Lipinski definition) is 1. The molecule has 1 aromatic rings. The number of sulfonamides is 1. The summed E-state index contributed by atoms with van der Waals surface area (Å²) in [6, 6.07) is 4.96. The Kier molecular flexibility index (Phi) is 6.40. The summed E-state index contributed by atoms with van der Waals surface area (Å²) in [5, 5.41) is 0.704. The SMILES string of the molecule is COc1ccc(Br)cc1S(=O)(=O)NCCSC1CCCC1. The van der Waals surface area contributed by atoms with Crippen LogP contribution in [0.25, 0.3) is 0 Å². The van der Waals surface area contributed by atoms with Crippen LogP contribution < -0.4 is 9.46 Å². The van der Waals surface area contributed by atoms with Crippen molar-refractivity contribution in [3.8, 4) is 5.75 Å². The van der Waals surface area contributed by atoms with Gasteiger partial charge in [0.05, 0.1) is 7.11 Å². The lowest BCUT2D eigenvalue weighted by Gasteiger charge is -2.12. The molecule has 1 aliphatic rings. The molecule has 21 heavy (non-hydrogen) atoms. The Morgan fingerprint density at radius 2 is 2.10 bits per heavy atom.